The van der Waals surface area contributed by atoms with Gasteiger partial charge in [0.1, 0.15) is 6.04 Å². The summed E-state index contributed by atoms with van der Waals surface area (Å²) in [6.45, 7) is 3.82. The summed E-state index contributed by atoms with van der Waals surface area (Å²) in [6, 6.07) is 5.64. The first kappa shape index (κ1) is 18.6. The van der Waals surface area contributed by atoms with Crippen molar-refractivity contribution in [1.29, 1.82) is 0 Å². The van der Waals surface area contributed by atoms with Gasteiger partial charge in [-0.2, -0.15) is 0 Å². The Morgan fingerprint density at radius 1 is 1.12 bits per heavy atom. The van der Waals surface area contributed by atoms with Gasteiger partial charge in [0.2, 0.25) is 5.91 Å². The van der Waals surface area contributed by atoms with Crippen molar-refractivity contribution in [2.24, 2.45) is 5.92 Å². The minimum absolute atomic E-state index is 0.191. The summed E-state index contributed by atoms with van der Waals surface area (Å²) in [7, 11) is 1.30. The van der Waals surface area contributed by atoms with Crippen LogP contribution in [0.1, 0.15) is 47.4 Å². The molecule has 1 heterocycles. The van der Waals surface area contributed by atoms with Crippen LogP contribution in [0.4, 0.5) is 0 Å². The van der Waals surface area contributed by atoms with Crippen molar-refractivity contribution in [1.82, 2.24) is 10.2 Å². The van der Waals surface area contributed by atoms with Crippen LogP contribution >= 0.6 is 0 Å². The van der Waals surface area contributed by atoms with E-state index in [4.69, 9.17) is 0 Å². The van der Waals surface area contributed by atoms with Gasteiger partial charge in [-0.1, -0.05) is 26.0 Å². The van der Waals surface area contributed by atoms with Gasteiger partial charge >= 0.3 is 5.97 Å². The normalized spacial score (nSPS) is 14.5. The predicted molar refractivity (Wildman–Crippen MR) is 89.8 cm³/mol. The van der Waals surface area contributed by atoms with Crippen LogP contribution in [-0.2, 0) is 14.3 Å². The largest absolute Gasteiger partial charge is 0.469 e. The molecule has 1 aliphatic heterocycles. The van der Waals surface area contributed by atoms with E-state index in [1.807, 2.05) is 0 Å². The third-order valence-electron chi connectivity index (χ3n) is 4.09. The number of carbonyl (C=O) groups is 4. The number of nitrogens with zero attached hydrogens (tertiary/aromatic N) is 1. The Bertz CT molecular complexity index is 663. The maximum absolute atomic E-state index is 12.6. The van der Waals surface area contributed by atoms with Gasteiger partial charge in [-0.3, -0.25) is 24.1 Å². The van der Waals surface area contributed by atoms with E-state index in [1.165, 1.54) is 7.11 Å². The van der Waals surface area contributed by atoms with Crippen molar-refractivity contribution in [3.8, 4) is 0 Å². The van der Waals surface area contributed by atoms with Gasteiger partial charge < -0.3 is 10.1 Å². The molecule has 2 rings (SSSR count). The smallest absolute Gasteiger partial charge is 0.305 e. The number of rotatable bonds is 7. The highest BCUT2D eigenvalue weighted by Gasteiger charge is 2.43. The third-order valence-corrected chi connectivity index (χ3v) is 4.09. The van der Waals surface area contributed by atoms with Crippen LogP contribution < -0.4 is 5.32 Å². The van der Waals surface area contributed by atoms with Gasteiger partial charge in [0.15, 0.2) is 0 Å². The highest BCUT2D eigenvalue weighted by atomic mass is 16.5. The number of hydrogen-bond donors (Lipinski definition) is 1. The van der Waals surface area contributed by atoms with Crippen LogP contribution in [0.15, 0.2) is 24.3 Å². The zero-order valence-electron chi connectivity index (χ0n) is 14.6. The lowest BCUT2D eigenvalue weighted by molar-refractivity contribution is -0.140. The average Bonchev–Trinajstić information content (AvgIpc) is 2.84. The second-order valence-electron chi connectivity index (χ2n) is 6.19. The van der Waals surface area contributed by atoms with Gasteiger partial charge in [0.05, 0.1) is 18.2 Å². The number of methoxy groups -OCH3 is 1. The number of amides is 3. The quantitative estimate of drug-likeness (QED) is 0.457. The Kier molecular flexibility index (Phi) is 5.90. The van der Waals surface area contributed by atoms with E-state index in [2.05, 4.69) is 10.1 Å². The number of imide groups is 1. The monoisotopic (exact) mass is 346 g/mol. The second kappa shape index (κ2) is 7.92. The molecule has 1 aliphatic rings. The first-order valence-electron chi connectivity index (χ1n) is 8.20. The van der Waals surface area contributed by atoms with E-state index in [9.17, 15) is 19.2 Å². The third kappa shape index (κ3) is 3.87. The zero-order valence-corrected chi connectivity index (χ0v) is 14.6. The molecule has 0 aromatic heterocycles. The summed E-state index contributed by atoms with van der Waals surface area (Å²) in [5.41, 5.74) is 0.633. The highest BCUT2D eigenvalue weighted by molar-refractivity contribution is 6.22. The Morgan fingerprint density at radius 2 is 1.68 bits per heavy atom. The molecule has 7 heteroatoms. The molecular weight excluding hydrogens is 324 g/mol. The molecule has 25 heavy (non-hydrogen) atoms. The molecule has 1 aromatic carbocycles. The van der Waals surface area contributed by atoms with Crippen molar-refractivity contribution >= 4 is 23.7 Å². The molecule has 0 aliphatic carbocycles. The fraction of sp³-hybridized carbons (Fsp3) is 0.444. The molecule has 0 spiro atoms. The number of esters is 1. The van der Waals surface area contributed by atoms with Crippen molar-refractivity contribution in [3.63, 3.8) is 0 Å². The van der Waals surface area contributed by atoms with Gasteiger partial charge in [0, 0.05) is 13.0 Å². The maximum atomic E-state index is 12.6. The molecule has 0 radical (unpaired) electrons. The van der Waals surface area contributed by atoms with Crippen LogP contribution in [-0.4, -0.2) is 48.3 Å². The molecule has 1 N–H and O–H groups in total. The van der Waals surface area contributed by atoms with E-state index in [0.717, 1.165) is 4.90 Å². The lowest BCUT2D eigenvalue weighted by Gasteiger charge is -2.28. The van der Waals surface area contributed by atoms with Crippen LogP contribution in [0.5, 0.6) is 0 Å². The van der Waals surface area contributed by atoms with E-state index in [-0.39, 0.29) is 24.9 Å². The summed E-state index contributed by atoms with van der Waals surface area (Å²) in [6.07, 6.45) is 0.613. The number of fused-ring (bicyclic) bond motifs is 1. The SMILES string of the molecule is COC(=O)CCCNC(=O)[C@@H](C(C)C)N1C(=O)c2ccccc2C1=O. The number of ether oxygens (including phenoxy) is 1. The second-order valence-corrected chi connectivity index (χ2v) is 6.19. The molecule has 1 atom stereocenters. The number of carbonyl (C=O) groups excluding carboxylic acids is 4. The van der Waals surface area contributed by atoms with Crippen molar-refractivity contribution < 1.29 is 23.9 Å². The summed E-state index contributed by atoms with van der Waals surface area (Å²) < 4.78 is 4.54. The number of benzene rings is 1. The molecule has 0 bridgehead atoms. The molecule has 1 aromatic rings. The van der Waals surface area contributed by atoms with E-state index < -0.39 is 23.8 Å². The standard InChI is InChI=1S/C18H22N2O5/c1-11(2)15(16(22)19-10-6-9-14(21)25-3)20-17(23)12-7-4-5-8-13(12)18(20)24/h4-5,7-8,11,15H,6,9-10H2,1-3H3,(H,19,22)/t15-/m1/s1. The van der Waals surface area contributed by atoms with Gasteiger partial charge in [0.25, 0.3) is 11.8 Å². The lowest BCUT2D eigenvalue weighted by Crippen LogP contribution is -2.52. The molecule has 0 saturated carbocycles. The summed E-state index contributed by atoms with van der Waals surface area (Å²) in [4.78, 5) is 49.8. The Morgan fingerprint density at radius 3 is 2.16 bits per heavy atom. The zero-order chi connectivity index (χ0) is 18.6. The molecule has 0 saturated heterocycles. The Labute approximate surface area is 146 Å². The Balaban J connectivity index is 2.08. The van der Waals surface area contributed by atoms with Crippen LogP contribution in [0, 0.1) is 5.92 Å². The summed E-state index contributed by atoms with van der Waals surface area (Å²) in [5, 5.41) is 2.70. The van der Waals surface area contributed by atoms with Gasteiger partial charge in [-0.15, -0.1) is 0 Å². The van der Waals surface area contributed by atoms with E-state index in [1.54, 1.807) is 38.1 Å². The highest BCUT2D eigenvalue weighted by Crippen LogP contribution is 2.27. The fourth-order valence-electron chi connectivity index (χ4n) is 2.83. The van der Waals surface area contributed by atoms with E-state index in [0.29, 0.717) is 17.5 Å². The van der Waals surface area contributed by atoms with Crippen LogP contribution in [0.2, 0.25) is 0 Å². The minimum Gasteiger partial charge on any atom is -0.469 e. The lowest BCUT2D eigenvalue weighted by atomic mass is 10.0. The van der Waals surface area contributed by atoms with Crippen LogP contribution in [0.25, 0.3) is 0 Å². The summed E-state index contributed by atoms with van der Waals surface area (Å²) in [5.74, 6) is -1.92. The summed E-state index contributed by atoms with van der Waals surface area (Å²) >= 11 is 0. The molecule has 3 amide bonds. The average molecular weight is 346 g/mol. The van der Waals surface area contributed by atoms with Crippen molar-refractivity contribution in [2.75, 3.05) is 13.7 Å². The molecular formula is C18H22N2O5. The maximum Gasteiger partial charge on any atom is 0.305 e. The van der Waals surface area contributed by atoms with Gasteiger partial charge in [-0.25, -0.2) is 0 Å². The number of nitrogens with one attached hydrogen (secondary N) is 1. The minimum atomic E-state index is -0.898. The molecule has 0 fully saturated rings. The van der Waals surface area contributed by atoms with Gasteiger partial charge in [-0.05, 0) is 24.5 Å². The van der Waals surface area contributed by atoms with Crippen molar-refractivity contribution in [3.05, 3.63) is 35.4 Å². The molecule has 0 unspecified atom stereocenters. The predicted octanol–water partition coefficient (Wildman–Crippen LogP) is 1.38. The topological polar surface area (TPSA) is 92.8 Å². The first-order chi connectivity index (χ1) is 11.9. The molecule has 7 nitrogen and oxygen atoms in total. The number of hydrogen-bond acceptors (Lipinski definition) is 5. The van der Waals surface area contributed by atoms with E-state index >= 15 is 0 Å². The van der Waals surface area contributed by atoms with Crippen molar-refractivity contribution in [2.45, 2.75) is 32.7 Å². The molecule has 134 valence electrons. The first-order valence-corrected chi connectivity index (χ1v) is 8.20. The Hall–Kier alpha value is -2.70. The fourth-order valence-corrected chi connectivity index (χ4v) is 2.83. The van der Waals surface area contributed by atoms with Crippen LogP contribution in [0.3, 0.4) is 0 Å².